The number of carbonyl (C=O) groups excluding carboxylic acids is 2. The second kappa shape index (κ2) is 8.70. The molecular formula is C19H19NO7. The van der Waals surface area contributed by atoms with Crippen LogP contribution in [0.1, 0.15) is 26.3 Å². The van der Waals surface area contributed by atoms with Crippen LogP contribution in [0.2, 0.25) is 0 Å². The third-order valence-electron chi connectivity index (χ3n) is 3.80. The minimum atomic E-state index is -1.13. The van der Waals surface area contributed by atoms with Crippen LogP contribution in [0.25, 0.3) is 0 Å². The van der Waals surface area contributed by atoms with Crippen LogP contribution < -0.4 is 14.8 Å². The van der Waals surface area contributed by atoms with Gasteiger partial charge in [0.15, 0.2) is 11.5 Å². The zero-order valence-corrected chi connectivity index (χ0v) is 15.1. The molecule has 2 aromatic rings. The fourth-order valence-corrected chi connectivity index (χ4v) is 2.51. The summed E-state index contributed by atoms with van der Waals surface area (Å²) >= 11 is 0. The van der Waals surface area contributed by atoms with Gasteiger partial charge in [0.25, 0.3) is 0 Å². The van der Waals surface area contributed by atoms with Crippen LogP contribution in [-0.4, -0.2) is 44.3 Å². The monoisotopic (exact) mass is 373 g/mol. The van der Waals surface area contributed by atoms with E-state index in [2.05, 4.69) is 5.32 Å². The number of nitrogens with one attached hydrogen (secondary N) is 1. The molecule has 2 N–H and O–H groups in total. The SMILES string of the molecule is COC(=O)c1cc(OC)c(OC)cc1NC(=O)Cc1ccccc1C(=O)O. The van der Waals surface area contributed by atoms with Gasteiger partial charge in [0.1, 0.15) is 0 Å². The molecule has 0 fully saturated rings. The van der Waals surface area contributed by atoms with Crippen LogP contribution in [0, 0.1) is 0 Å². The summed E-state index contributed by atoms with van der Waals surface area (Å²) in [5, 5.41) is 11.8. The highest BCUT2D eigenvalue weighted by molar-refractivity contribution is 6.03. The normalized spacial score (nSPS) is 10.0. The summed E-state index contributed by atoms with van der Waals surface area (Å²) in [6.45, 7) is 0. The van der Waals surface area contributed by atoms with Crippen molar-refractivity contribution in [3.8, 4) is 11.5 Å². The molecule has 0 aliphatic carbocycles. The van der Waals surface area contributed by atoms with Crippen molar-refractivity contribution in [2.24, 2.45) is 0 Å². The van der Waals surface area contributed by atoms with E-state index >= 15 is 0 Å². The van der Waals surface area contributed by atoms with E-state index in [4.69, 9.17) is 14.2 Å². The second-order valence-electron chi connectivity index (χ2n) is 5.43. The predicted molar refractivity (Wildman–Crippen MR) is 96.6 cm³/mol. The Labute approximate surface area is 155 Å². The standard InChI is InChI=1S/C19H19NO7/c1-25-15-9-13(19(24)27-3)14(10-16(15)26-2)20-17(21)8-11-6-4-5-7-12(11)18(22)23/h4-7,9-10H,8H2,1-3H3,(H,20,21)(H,22,23). The Bertz CT molecular complexity index is 876. The number of carbonyl (C=O) groups is 3. The number of amides is 1. The summed E-state index contributed by atoms with van der Waals surface area (Å²) in [4.78, 5) is 35.8. The van der Waals surface area contributed by atoms with Gasteiger partial charge in [-0.15, -0.1) is 0 Å². The molecular weight excluding hydrogens is 354 g/mol. The fraction of sp³-hybridized carbons (Fsp3) is 0.211. The zero-order valence-electron chi connectivity index (χ0n) is 15.1. The molecule has 2 aromatic carbocycles. The summed E-state index contributed by atoms with van der Waals surface area (Å²) in [6, 6.07) is 9.03. The summed E-state index contributed by atoms with van der Waals surface area (Å²) in [6.07, 6.45) is -0.183. The third-order valence-corrected chi connectivity index (χ3v) is 3.80. The minimum absolute atomic E-state index is 0.0353. The van der Waals surface area contributed by atoms with Gasteiger partial charge in [-0.25, -0.2) is 9.59 Å². The van der Waals surface area contributed by atoms with Gasteiger partial charge in [-0.05, 0) is 11.6 Å². The Balaban J connectivity index is 2.34. The number of hydrogen-bond donors (Lipinski definition) is 2. The molecule has 0 atom stereocenters. The molecule has 0 unspecified atom stereocenters. The maximum atomic E-state index is 12.4. The number of hydrogen-bond acceptors (Lipinski definition) is 6. The maximum absolute atomic E-state index is 12.4. The first kappa shape index (κ1) is 19.8. The lowest BCUT2D eigenvalue weighted by molar-refractivity contribution is -0.115. The van der Waals surface area contributed by atoms with E-state index in [1.165, 1.54) is 39.5 Å². The molecule has 0 aliphatic rings. The highest BCUT2D eigenvalue weighted by atomic mass is 16.5. The Morgan fingerprint density at radius 1 is 0.963 bits per heavy atom. The summed E-state index contributed by atoms with van der Waals surface area (Å²) in [5.74, 6) is -1.68. The Morgan fingerprint density at radius 2 is 1.59 bits per heavy atom. The molecule has 1 amide bonds. The van der Waals surface area contributed by atoms with Gasteiger partial charge < -0.3 is 24.6 Å². The van der Waals surface area contributed by atoms with Crippen LogP contribution in [-0.2, 0) is 16.0 Å². The van der Waals surface area contributed by atoms with E-state index < -0.39 is 17.8 Å². The molecule has 2 rings (SSSR count). The molecule has 8 nitrogen and oxygen atoms in total. The van der Waals surface area contributed by atoms with E-state index in [0.717, 1.165) is 0 Å². The van der Waals surface area contributed by atoms with Gasteiger partial charge >= 0.3 is 11.9 Å². The highest BCUT2D eigenvalue weighted by Gasteiger charge is 2.20. The van der Waals surface area contributed by atoms with Gasteiger partial charge in [0.2, 0.25) is 5.91 Å². The topological polar surface area (TPSA) is 111 Å². The first-order chi connectivity index (χ1) is 12.9. The molecule has 0 saturated carbocycles. The lowest BCUT2D eigenvalue weighted by atomic mass is 10.0. The van der Waals surface area contributed by atoms with Crippen molar-refractivity contribution in [1.82, 2.24) is 0 Å². The second-order valence-corrected chi connectivity index (χ2v) is 5.43. The summed E-state index contributed by atoms with van der Waals surface area (Å²) in [5.41, 5.74) is 0.628. The van der Waals surface area contributed by atoms with Gasteiger partial charge in [0, 0.05) is 12.1 Å². The third kappa shape index (κ3) is 4.55. The number of benzene rings is 2. The average molecular weight is 373 g/mol. The first-order valence-electron chi connectivity index (χ1n) is 7.86. The predicted octanol–water partition coefficient (Wildman–Crippen LogP) is 2.37. The number of ether oxygens (including phenoxy) is 3. The Kier molecular flexibility index (Phi) is 6.37. The van der Waals surface area contributed by atoms with Crippen molar-refractivity contribution in [2.75, 3.05) is 26.6 Å². The average Bonchev–Trinajstić information content (AvgIpc) is 2.67. The number of anilines is 1. The van der Waals surface area contributed by atoms with Gasteiger partial charge in [-0.2, -0.15) is 0 Å². The number of esters is 1. The lowest BCUT2D eigenvalue weighted by Crippen LogP contribution is -2.19. The van der Waals surface area contributed by atoms with Crippen LogP contribution in [0.3, 0.4) is 0 Å². The van der Waals surface area contributed by atoms with Crippen LogP contribution >= 0.6 is 0 Å². The quantitative estimate of drug-likeness (QED) is 0.717. The van der Waals surface area contributed by atoms with Crippen molar-refractivity contribution >= 4 is 23.5 Å². The van der Waals surface area contributed by atoms with Crippen molar-refractivity contribution in [2.45, 2.75) is 6.42 Å². The minimum Gasteiger partial charge on any atom is -0.493 e. The van der Waals surface area contributed by atoms with E-state index in [9.17, 15) is 19.5 Å². The van der Waals surface area contributed by atoms with E-state index in [1.807, 2.05) is 0 Å². The van der Waals surface area contributed by atoms with Crippen molar-refractivity contribution in [3.63, 3.8) is 0 Å². The van der Waals surface area contributed by atoms with Crippen molar-refractivity contribution in [3.05, 3.63) is 53.1 Å². The van der Waals surface area contributed by atoms with Crippen LogP contribution in [0.15, 0.2) is 36.4 Å². The number of methoxy groups -OCH3 is 3. The number of carboxylic acids is 1. The van der Waals surface area contributed by atoms with Gasteiger partial charge in [-0.3, -0.25) is 4.79 Å². The summed E-state index contributed by atoms with van der Waals surface area (Å²) in [7, 11) is 4.05. The van der Waals surface area contributed by atoms with E-state index in [1.54, 1.807) is 18.2 Å². The molecule has 0 aromatic heterocycles. The molecule has 0 bridgehead atoms. The maximum Gasteiger partial charge on any atom is 0.340 e. The van der Waals surface area contributed by atoms with Gasteiger partial charge in [-0.1, -0.05) is 18.2 Å². The molecule has 142 valence electrons. The Morgan fingerprint density at radius 3 is 2.19 bits per heavy atom. The molecule has 27 heavy (non-hydrogen) atoms. The summed E-state index contributed by atoms with van der Waals surface area (Å²) < 4.78 is 15.1. The van der Waals surface area contributed by atoms with E-state index in [-0.39, 0.29) is 23.2 Å². The van der Waals surface area contributed by atoms with Crippen molar-refractivity contribution < 1.29 is 33.7 Å². The lowest BCUT2D eigenvalue weighted by Gasteiger charge is -2.15. The molecule has 8 heteroatoms. The zero-order chi connectivity index (χ0) is 20.0. The van der Waals surface area contributed by atoms with Gasteiger partial charge in [0.05, 0.1) is 44.6 Å². The molecule has 0 aliphatic heterocycles. The molecule has 0 spiro atoms. The van der Waals surface area contributed by atoms with Crippen LogP contribution in [0.5, 0.6) is 11.5 Å². The fourth-order valence-electron chi connectivity index (χ4n) is 2.51. The molecule has 0 saturated heterocycles. The van der Waals surface area contributed by atoms with Crippen molar-refractivity contribution in [1.29, 1.82) is 0 Å². The first-order valence-corrected chi connectivity index (χ1v) is 7.86. The van der Waals surface area contributed by atoms with Crippen LogP contribution in [0.4, 0.5) is 5.69 Å². The molecule has 0 radical (unpaired) electrons. The molecule has 0 heterocycles. The van der Waals surface area contributed by atoms with E-state index in [0.29, 0.717) is 17.1 Å². The number of carboxylic acid groups (broad SMARTS) is 1. The number of aromatic carboxylic acids is 1. The number of rotatable bonds is 7. The Hall–Kier alpha value is -3.55. The highest BCUT2D eigenvalue weighted by Crippen LogP contribution is 2.33. The smallest absolute Gasteiger partial charge is 0.340 e. The largest absolute Gasteiger partial charge is 0.493 e.